The topological polar surface area (TPSA) is 33.1 Å². The Hall–Kier alpha value is -1.31. The van der Waals surface area contributed by atoms with Crippen LogP contribution in [0.15, 0.2) is 30.3 Å². The van der Waals surface area contributed by atoms with Gasteiger partial charge in [-0.25, -0.2) is 0 Å². The summed E-state index contributed by atoms with van der Waals surface area (Å²) in [6.07, 6.45) is 0.940. The molecule has 0 fully saturated rings. The van der Waals surface area contributed by atoms with Crippen LogP contribution in [-0.4, -0.2) is 12.5 Å². The smallest absolute Gasteiger partial charge is 0.213 e. The summed E-state index contributed by atoms with van der Waals surface area (Å²) in [6, 6.07) is 9.48. The van der Waals surface area contributed by atoms with Crippen molar-refractivity contribution in [3.8, 4) is 0 Å². The fourth-order valence-corrected chi connectivity index (χ4v) is 0.877. The van der Waals surface area contributed by atoms with E-state index in [0.717, 1.165) is 12.0 Å². The number of ether oxygens (including phenoxy) is 1. The van der Waals surface area contributed by atoms with Gasteiger partial charge in [0.2, 0.25) is 5.90 Å². The zero-order valence-corrected chi connectivity index (χ0v) is 7.21. The molecule has 0 aromatic heterocycles. The van der Waals surface area contributed by atoms with Gasteiger partial charge in [0.15, 0.2) is 0 Å². The van der Waals surface area contributed by atoms with Crippen molar-refractivity contribution >= 4 is 5.90 Å². The molecule has 0 unspecified atom stereocenters. The van der Waals surface area contributed by atoms with E-state index in [1.165, 1.54) is 0 Å². The molecule has 0 saturated carbocycles. The molecule has 1 N–H and O–H groups in total. The van der Waals surface area contributed by atoms with E-state index < -0.39 is 0 Å². The summed E-state index contributed by atoms with van der Waals surface area (Å²) < 4.78 is 5.16. The quantitative estimate of drug-likeness (QED) is 0.538. The highest BCUT2D eigenvalue weighted by Gasteiger charge is 1.98. The summed E-state index contributed by atoms with van der Waals surface area (Å²) in [4.78, 5) is 0. The van der Waals surface area contributed by atoms with Crippen molar-refractivity contribution < 1.29 is 4.74 Å². The summed E-state index contributed by atoms with van der Waals surface area (Å²) in [5.74, 6) is 0.262. The van der Waals surface area contributed by atoms with E-state index in [1.54, 1.807) is 0 Å². The molecule has 0 spiro atoms. The minimum absolute atomic E-state index is 0.262. The van der Waals surface area contributed by atoms with Crippen LogP contribution in [0, 0.1) is 5.41 Å². The molecule has 2 heteroatoms. The third-order valence-electron chi connectivity index (χ3n) is 1.49. The second-order valence-corrected chi connectivity index (χ2v) is 2.54. The van der Waals surface area contributed by atoms with Crippen molar-refractivity contribution in [2.75, 3.05) is 6.61 Å². The van der Waals surface area contributed by atoms with E-state index >= 15 is 0 Å². The Balaban J connectivity index is 2.54. The van der Waals surface area contributed by atoms with Gasteiger partial charge in [-0.05, 0) is 18.6 Å². The van der Waals surface area contributed by atoms with E-state index in [0.29, 0.717) is 6.61 Å². The molecule has 0 aliphatic heterocycles. The van der Waals surface area contributed by atoms with Gasteiger partial charge in [-0.15, -0.1) is 0 Å². The predicted molar refractivity (Wildman–Crippen MR) is 49.5 cm³/mol. The van der Waals surface area contributed by atoms with Crippen molar-refractivity contribution in [2.24, 2.45) is 0 Å². The number of hydrogen-bond acceptors (Lipinski definition) is 2. The normalized spacial score (nSPS) is 9.42. The number of rotatable bonds is 3. The van der Waals surface area contributed by atoms with Crippen LogP contribution in [0.5, 0.6) is 0 Å². The lowest BCUT2D eigenvalue weighted by molar-refractivity contribution is 0.303. The van der Waals surface area contributed by atoms with Crippen molar-refractivity contribution in [2.45, 2.75) is 13.3 Å². The maximum absolute atomic E-state index is 7.51. The van der Waals surface area contributed by atoms with Gasteiger partial charge in [-0.2, -0.15) is 0 Å². The lowest BCUT2D eigenvalue weighted by atomic mass is 10.2. The Morgan fingerprint density at radius 3 is 2.58 bits per heavy atom. The molecule has 0 saturated heterocycles. The maximum atomic E-state index is 7.51. The van der Waals surface area contributed by atoms with Gasteiger partial charge >= 0.3 is 0 Å². The average Bonchev–Trinajstić information content (AvgIpc) is 2.15. The van der Waals surface area contributed by atoms with E-state index in [2.05, 4.69) is 0 Å². The molecule has 0 aliphatic carbocycles. The number of hydrogen-bond donors (Lipinski definition) is 1. The molecule has 1 aromatic carbocycles. The predicted octanol–water partition coefficient (Wildman–Crippen LogP) is 2.44. The van der Waals surface area contributed by atoms with Crippen LogP contribution in [0.25, 0.3) is 0 Å². The van der Waals surface area contributed by atoms with Gasteiger partial charge in [0.25, 0.3) is 0 Å². The van der Waals surface area contributed by atoms with Gasteiger partial charge < -0.3 is 4.74 Å². The monoisotopic (exact) mass is 163 g/mol. The molecule has 0 heterocycles. The Labute approximate surface area is 72.7 Å². The molecule has 1 aromatic rings. The van der Waals surface area contributed by atoms with Crippen molar-refractivity contribution in [3.05, 3.63) is 35.9 Å². The van der Waals surface area contributed by atoms with Crippen LogP contribution in [0.2, 0.25) is 0 Å². The average molecular weight is 163 g/mol. The minimum Gasteiger partial charge on any atom is -0.478 e. The summed E-state index contributed by atoms with van der Waals surface area (Å²) >= 11 is 0. The Morgan fingerprint density at radius 2 is 2.00 bits per heavy atom. The maximum Gasteiger partial charge on any atom is 0.213 e. The van der Waals surface area contributed by atoms with Gasteiger partial charge in [0.1, 0.15) is 0 Å². The zero-order valence-electron chi connectivity index (χ0n) is 7.21. The minimum atomic E-state index is 0.262. The third-order valence-corrected chi connectivity index (χ3v) is 1.49. The highest BCUT2D eigenvalue weighted by Crippen LogP contribution is 2.00. The van der Waals surface area contributed by atoms with Crippen LogP contribution in [0.3, 0.4) is 0 Å². The Morgan fingerprint density at radius 1 is 1.33 bits per heavy atom. The number of nitrogens with one attached hydrogen (secondary N) is 1. The highest BCUT2D eigenvalue weighted by atomic mass is 16.5. The first-order chi connectivity index (χ1) is 5.84. The summed E-state index contributed by atoms with van der Waals surface area (Å²) in [5.41, 5.74) is 0.839. The van der Waals surface area contributed by atoms with Crippen molar-refractivity contribution in [1.82, 2.24) is 0 Å². The van der Waals surface area contributed by atoms with Crippen LogP contribution >= 0.6 is 0 Å². The molecule has 0 amide bonds. The first-order valence-electron chi connectivity index (χ1n) is 4.11. The first-order valence-corrected chi connectivity index (χ1v) is 4.11. The Bertz CT molecular complexity index is 243. The molecule has 0 aliphatic rings. The lowest BCUT2D eigenvalue weighted by Crippen LogP contribution is -2.05. The van der Waals surface area contributed by atoms with E-state index in [-0.39, 0.29) is 5.90 Å². The Kier molecular flexibility index (Phi) is 3.33. The summed E-state index contributed by atoms with van der Waals surface area (Å²) in [5, 5.41) is 7.51. The largest absolute Gasteiger partial charge is 0.478 e. The van der Waals surface area contributed by atoms with Crippen LogP contribution < -0.4 is 0 Å². The van der Waals surface area contributed by atoms with Crippen LogP contribution in [-0.2, 0) is 4.74 Å². The second kappa shape index (κ2) is 4.54. The van der Waals surface area contributed by atoms with Gasteiger partial charge in [-0.3, -0.25) is 5.41 Å². The summed E-state index contributed by atoms with van der Waals surface area (Å²) in [6.45, 7) is 2.64. The van der Waals surface area contributed by atoms with E-state index in [4.69, 9.17) is 10.1 Å². The molecule has 1 rings (SSSR count). The first kappa shape index (κ1) is 8.78. The second-order valence-electron chi connectivity index (χ2n) is 2.54. The third kappa shape index (κ3) is 2.38. The molecule has 0 radical (unpaired) electrons. The molecule has 0 bridgehead atoms. The van der Waals surface area contributed by atoms with E-state index in [1.807, 2.05) is 37.3 Å². The number of benzene rings is 1. The van der Waals surface area contributed by atoms with Gasteiger partial charge in [0, 0.05) is 5.56 Å². The fraction of sp³-hybridized carbons (Fsp3) is 0.300. The lowest BCUT2D eigenvalue weighted by Gasteiger charge is -2.04. The standard InChI is InChI=1S/C10H13NO/c1-2-8-12-10(11)9-6-4-3-5-7-9/h3-7,11H,2,8H2,1H3. The molecular weight excluding hydrogens is 150 g/mol. The SMILES string of the molecule is CCCOC(=N)c1ccccc1. The van der Waals surface area contributed by atoms with Crippen molar-refractivity contribution in [3.63, 3.8) is 0 Å². The summed E-state index contributed by atoms with van der Waals surface area (Å²) in [7, 11) is 0. The van der Waals surface area contributed by atoms with Crippen LogP contribution in [0.1, 0.15) is 18.9 Å². The van der Waals surface area contributed by atoms with Crippen molar-refractivity contribution in [1.29, 1.82) is 5.41 Å². The highest BCUT2D eigenvalue weighted by molar-refractivity contribution is 5.91. The molecule has 12 heavy (non-hydrogen) atoms. The molecular formula is C10H13NO. The molecule has 2 nitrogen and oxygen atoms in total. The van der Waals surface area contributed by atoms with Crippen LogP contribution in [0.4, 0.5) is 0 Å². The van der Waals surface area contributed by atoms with Gasteiger partial charge in [-0.1, -0.05) is 25.1 Å². The zero-order chi connectivity index (χ0) is 8.81. The fourth-order valence-electron chi connectivity index (χ4n) is 0.877. The van der Waals surface area contributed by atoms with Gasteiger partial charge in [0.05, 0.1) is 6.61 Å². The van der Waals surface area contributed by atoms with E-state index in [9.17, 15) is 0 Å². The molecule has 64 valence electrons. The molecule has 0 atom stereocenters.